The molecule has 12 heteroatoms. The third kappa shape index (κ3) is 7.14. The van der Waals surface area contributed by atoms with Gasteiger partial charge in [-0.3, -0.25) is 9.36 Å². The molecule has 0 unspecified atom stereocenters. The number of carbonyl (C=O) groups excluding carboxylic acids is 3. The lowest BCUT2D eigenvalue weighted by Crippen LogP contribution is -2.16. The molecular formula is C26H27ClN4O6S. The van der Waals surface area contributed by atoms with E-state index in [9.17, 15) is 14.4 Å². The number of rotatable bonds is 11. The molecule has 0 fully saturated rings. The Kier molecular flexibility index (Phi) is 9.91. The van der Waals surface area contributed by atoms with Crippen LogP contribution in [0.4, 0.5) is 5.69 Å². The molecule has 38 heavy (non-hydrogen) atoms. The van der Waals surface area contributed by atoms with Crippen LogP contribution >= 0.6 is 23.4 Å². The lowest BCUT2D eigenvalue weighted by molar-refractivity contribution is -0.113. The molecule has 0 spiro atoms. The first-order valence-corrected chi connectivity index (χ1v) is 12.7. The van der Waals surface area contributed by atoms with Gasteiger partial charge in [0.15, 0.2) is 11.0 Å². The summed E-state index contributed by atoms with van der Waals surface area (Å²) in [6.07, 6.45) is 1.69. The SMILES string of the molecule is C=CCn1c(COc2cc(C)c(Cl)c(C)c2)nnc1SCC(=O)Nc1cc(C(=O)OC)cc(C(=O)OC)c1. The summed E-state index contributed by atoms with van der Waals surface area (Å²) in [7, 11) is 2.44. The van der Waals surface area contributed by atoms with Gasteiger partial charge in [-0.2, -0.15) is 0 Å². The number of hydrogen-bond acceptors (Lipinski definition) is 9. The summed E-state index contributed by atoms with van der Waals surface area (Å²) in [4.78, 5) is 36.7. The fourth-order valence-corrected chi connectivity index (χ4v) is 4.36. The van der Waals surface area contributed by atoms with Crippen molar-refractivity contribution >= 4 is 46.9 Å². The quantitative estimate of drug-likeness (QED) is 0.204. The Balaban J connectivity index is 1.70. The standard InChI is InChI=1S/C26H27ClN4O6S/c1-6-7-31-21(13-37-20-8-15(2)23(27)16(3)9-20)29-30-26(31)38-14-22(32)28-19-11-17(24(33)35-4)10-18(12-19)25(34)36-5/h6,8-12H,1,7,13-14H2,2-5H3,(H,28,32). The number of methoxy groups -OCH3 is 2. The summed E-state index contributed by atoms with van der Waals surface area (Å²) in [6.45, 7) is 8.17. The van der Waals surface area contributed by atoms with Gasteiger partial charge in [-0.15, -0.1) is 16.8 Å². The second-order valence-corrected chi connectivity index (χ2v) is 9.40. The smallest absolute Gasteiger partial charge is 0.337 e. The van der Waals surface area contributed by atoms with Crippen LogP contribution in [0.2, 0.25) is 5.02 Å². The highest BCUT2D eigenvalue weighted by Gasteiger charge is 2.17. The van der Waals surface area contributed by atoms with Crippen LogP contribution in [-0.2, 0) is 27.4 Å². The highest BCUT2D eigenvalue weighted by atomic mass is 35.5. The topological polar surface area (TPSA) is 122 Å². The summed E-state index contributed by atoms with van der Waals surface area (Å²) >= 11 is 7.40. The summed E-state index contributed by atoms with van der Waals surface area (Å²) in [5.41, 5.74) is 2.26. The molecule has 0 saturated heterocycles. The minimum Gasteiger partial charge on any atom is -0.486 e. The highest BCUT2D eigenvalue weighted by molar-refractivity contribution is 7.99. The van der Waals surface area contributed by atoms with E-state index < -0.39 is 11.9 Å². The van der Waals surface area contributed by atoms with E-state index in [1.54, 1.807) is 10.6 Å². The van der Waals surface area contributed by atoms with Crippen LogP contribution in [0.15, 0.2) is 48.1 Å². The Bertz CT molecular complexity index is 1320. The maximum atomic E-state index is 12.7. The number of amides is 1. The maximum Gasteiger partial charge on any atom is 0.337 e. The Morgan fingerprint density at radius 1 is 1.03 bits per heavy atom. The minimum absolute atomic E-state index is 0.0122. The van der Waals surface area contributed by atoms with Gasteiger partial charge in [0.1, 0.15) is 12.4 Å². The van der Waals surface area contributed by atoms with Gasteiger partial charge in [0.05, 0.1) is 31.1 Å². The summed E-state index contributed by atoms with van der Waals surface area (Å²) in [6, 6.07) is 7.86. The van der Waals surface area contributed by atoms with E-state index in [0.29, 0.717) is 28.3 Å². The van der Waals surface area contributed by atoms with E-state index in [4.69, 9.17) is 25.8 Å². The van der Waals surface area contributed by atoms with Crippen molar-refractivity contribution in [2.24, 2.45) is 0 Å². The minimum atomic E-state index is -0.656. The summed E-state index contributed by atoms with van der Waals surface area (Å²) < 4.78 is 17.2. The van der Waals surface area contributed by atoms with Gasteiger partial charge in [-0.05, 0) is 55.3 Å². The highest BCUT2D eigenvalue weighted by Crippen LogP contribution is 2.27. The number of esters is 2. The zero-order valence-corrected chi connectivity index (χ0v) is 22.9. The van der Waals surface area contributed by atoms with Gasteiger partial charge in [0, 0.05) is 17.3 Å². The maximum absolute atomic E-state index is 12.7. The average molecular weight is 559 g/mol. The zero-order valence-electron chi connectivity index (χ0n) is 21.4. The number of aromatic nitrogens is 3. The van der Waals surface area contributed by atoms with Crippen molar-refractivity contribution in [3.8, 4) is 5.75 Å². The molecule has 0 atom stereocenters. The van der Waals surface area contributed by atoms with Crippen molar-refractivity contribution in [3.63, 3.8) is 0 Å². The number of hydrogen-bond donors (Lipinski definition) is 1. The molecule has 0 radical (unpaired) electrons. The molecule has 200 valence electrons. The first-order chi connectivity index (χ1) is 18.2. The van der Waals surface area contributed by atoms with Crippen molar-refractivity contribution in [3.05, 3.63) is 76.1 Å². The molecule has 0 aliphatic rings. The number of thioether (sulfide) groups is 1. The molecular weight excluding hydrogens is 532 g/mol. The number of nitrogens with one attached hydrogen (secondary N) is 1. The third-order valence-electron chi connectivity index (χ3n) is 5.27. The number of benzene rings is 2. The number of aryl methyl sites for hydroxylation is 2. The number of halogens is 1. The summed E-state index contributed by atoms with van der Waals surface area (Å²) in [5.74, 6) is -0.486. The normalized spacial score (nSPS) is 10.6. The van der Waals surface area contributed by atoms with Crippen molar-refractivity contribution in [2.75, 3.05) is 25.3 Å². The Hall–Kier alpha value is -3.83. The van der Waals surface area contributed by atoms with Gasteiger partial charge in [-0.25, -0.2) is 9.59 Å². The lowest BCUT2D eigenvalue weighted by atomic mass is 10.1. The molecule has 1 aromatic heterocycles. The fourth-order valence-electron chi connectivity index (χ4n) is 3.48. The Labute approximate surface area is 229 Å². The van der Waals surface area contributed by atoms with Crippen LogP contribution in [0.1, 0.15) is 37.7 Å². The van der Waals surface area contributed by atoms with E-state index in [1.165, 1.54) is 44.2 Å². The molecule has 1 heterocycles. The molecule has 10 nitrogen and oxygen atoms in total. The van der Waals surface area contributed by atoms with Gasteiger partial charge in [0.25, 0.3) is 0 Å². The molecule has 0 saturated carbocycles. The average Bonchev–Trinajstić information content (AvgIpc) is 3.29. The van der Waals surface area contributed by atoms with Crippen molar-refractivity contribution in [2.45, 2.75) is 32.2 Å². The number of carbonyl (C=O) groups is 3. The molecule has 1 amide bonds. The van der Waals surface area contributed by atoms with Crippen LogP contribution < -0.4 is 10.1 Å². The van der Waals surface area contributed by atoms with Crippen LogP contribution in [-0.4, -0.2) is 52.6 Å². The van der Waals surface area contributed by atoms with Crippen LogP contribution in [0.3, 0.4) is 0 Å². The second-order valence-electron chi connectivity index (χ2n) is 8.08. The van der Waals surface area contributed by atoms with E-state index >= 15 is 0 Å². The van der Waals surface area contributed by atoms with Crippen molar-refractivity contribution < 1.29 is 28.6 Å². The molecule has 3 rings (SSSR count). The molecule has 3 aromatic rings. The van der Waals surface area contributed by atoms with Crippen LogP contribution in [0, 0.1) is 13.8 Å². The van der Waals surface area contributed by atoms with Crippen LogP contribution in [0.5, 0.6) is 5.75 Å². The predicted molar refractivity (Wildman–Crippen MR) is 144 cm³/mol. The zero-order chi connectivity index (χ0) is 27.8. The van der Waals surface area contributed by atoms with E-state index in [-0.39, 0.29) is 35.1 Å². The molecule has 2 aromatic carbocycles. The Morgan fingerprint density at radius 3 is 2.18 bits per heavy atom. The Morgan fingerprint density at radius 2 is 1.63 bits per heavy atom. The van der Waals surface area contributed by atoms with E-state index in [1.807, 2.05) is 26.0 Å². The van der Waals surface area contributed by atoms with Crippen molar-refractivity contribution in [1.29, 1.82) is 0 Å². The summed E-state index contributed by atoms with van der Waals surface area (Å²) in [5, 5.41) is 12.3. The van der Waals surface area contributed by atoms with Gasteiger partial charge < -0.3 is 19.5 Å². The van der Waals surface area contributed by atoms with Gasteiger partial charge in [0.2, 0.25) is 5.91 Å². The molecule has 0 aliphatic carbocycles. The van der Waals surface area contributed by atoms with Crippen LogP contribution in [0.25, 0.3) is 0 Å². The van der Waals surface area contributed by atoms with E-state index in [2.05, 4.69) is 22.1 Å². The largest absolute Gasteiger partial charge is 0.486 e. The third-order valence-corrected chi connectivity index (χ3v) is 6.84. The molecule has 0 bridgehead atoms. The van der Waals surface area contributed by atoms with Gasteiger partial charge >= 0.3 is 11.9 Å². The second kappa shape index (κ2) is 13.1. The predicted octanol–water partition coefficient (Wildman–Crippen LogP) is 4.62. The monoisotopic (exact) mass is 558 g/mol. The van der Waals surface area contributed by atoms with Gasteiger partial charge in [-0.1, -0.05) is 29.4 Å². The number of anilines is 1. The first kappa shape index (κ1) is 28.7. The van der Waals surface area contributed by atoms with Crippen molar-refractivity contribution in [1.82, 2.24) is 14.8 Å². The molecule has 1 N–H and O–H groups in total. The van der Waals surface area contributed by atoms with E-state index in [0.717, 1.165) is 11.1 Å². The number of nitrogens with zero attached hydrogens (tertiary/aromatic N) is 3. The number of allylic oxidation sites excluding steroid dienone is 1. The lowest BCUT2D eigenvalue weighted by Gasteiger charge is -2.11. The fraction of sp³-hybridized carbons (Fsp3) is 0.269. The number of ether oxygens (including phenoxy) is 3. The molecule has 0 aliphatic heterocycles. The first-order valence-electron chi connectivity index (χ1n) is 11.3.